The van der Waals surface area contributed by atoms with E-state index in [0.717, 1.165) is 11.6 Å². The highest BCUT2D eigenvalue weighted by Gasteiger charge is 2.41. The first kappa shape index (κ1) is 16.6. The first-order valence-corrected chi connectivity index (χ1v) is 7.94. The van der Waals surface area contributed by atoms with Crippen LogP contribution in [0.25, 0.3) is 0 Å². The van der Waals surface area contributed by atoms with Gasteiger partial charge in [0.1, 0.15) is 11.6 Å². The van der Waals surface area contributed by atoms with Gasteiger partial charge in [0.25, 0.3) is 0 Å². The van der Waals surface area contributed by atoms with Crippen LogP contribution in [0.15, 0.2) is 48.5 Å². The van der Waals surface area contributed by atoms with E-state index in [1.165, 1.54) is 12.1 Å². The second kappa shape index (κ2) is 6.69. The standard InChI is InChI=1S/C19H19F2NO2/c1-12(13-5-3-2-4-6-13)22-10-16(17(11-22)19(23)24)15-8-7-14(20)9-18(15)21/h2-9,12,16-17H,10-11H2,1H3,(H,23,24)/t12?,16-,17+/m0/s1. The van der Waals surface area contributed by atoms with Gasteiger partial charge in [-0.05, 0) is 24.1 Å². The van der Waals surface area contributed by atoms with Gasteiger partial charge >= 0.3 is 5.97 Å². The van der Waals surface area contributed by atoms with Crippen LogP contribution in [0.1, 0.15) is 30.0 Å². The van der Waals surface area contributed by atoms with E-state index in [4.69, 9.17) is 0 Å². The molecule has 1 fully saturated rings. The molecule has 2 aromatic rings. The molecule has 3 nitrogen and oxygen atoms in total. The van der Waals surface area contributed by atoms with Crippen LogP contribution in [0.2, 0.25) is 0 Å². The monoisotopic (exact) mass is 331 g/mol. The summed E-state index contributed by atoms with van der Waals surface area (Å²) in [5.41, 5.74) is 1.36. The molecule has 0 saturated carbocycles. The summed E-state index contributed by atoms with van der Waals surface area (Å²) in [6, 6.07) is 13.2. The average Bonchev–Trinajstić information content (AvgIpc) is 3.00. The van der Waals surface area contributed by atoms with Crippen LogP contribution in [0, 0.1) is 17.6 Å². The minimum Gasteiger partial charge on any atom is -0.481 e. The molecule has 1 heterocycles. The van der Waals surface area contributed by atoms with Crippen LogP contribution < -0.4 is 0 Å². The topological polar surface area (TPSA) is 40.5 Å². The molecule has 0 spiro atoms. The Labute approximate surface area is 139 Å². The highest BCUT2D eigenvalue weighted by Crippen LogP contribution is 2.38. The van der Waals surface area contributed by atoms with Crippen molar-refractivity contribution in [2.24, 2.45) is 5.92 Å². The zero-order valence-electron chi connectivity index (χ0n) is 13.3. The lowest BCUT2D eigenvalue weighted by molar-refractivity contribution is -0.141. The van der Waals surface area contributed by atoms with Gasteiger partial charge in [0, 0.05) is 31.1 Å². The number of benzene rings is 2. The van der Waals surface area contributed by atoms with Gasteiger partial charge < -0.3 is 5.11 Å². The van der Waals surface area contributed by atoms with Gasteiger partial charge in [0.15, 0.2) is 0 Å². The number of carboxylic acids is 1. The minimum absolute atomic E-state index is 0.0292. The molecule has 24 heavy (non-hydrogen) atoms. The van der Waals surface area contributed by atoms with Crippen LogP contribution in [0.4, 0.5) is 8.78 Å². The minimum atomic E-state index is -0.952. The fourth-order valence-corrected chi connectivity index (χ4v) is 3.46. The third kappa shape index (κ3) is 3.17. The summed E-state index contributed by atoms with van der Waals surface area (Å²) < 4.78 is 27.3. The maximum absolute atomic E-state index is 14.1. The Bertz CT molecular complexity index is 735. The summed E-state index contributed by atoms with van der Waals surface area (Å²) in [6.07, 6.45) is 0. The Kier molecular flexibility index (Phi) is 4.62. The molecule has 1 aliphatic rings. The maximum Gasteiger partial charge on any atom is 0.308 e. The predicted octanol–water partition coefficient (Wildman–Crippen LogP) is 3.83. The smallest absolute Gasteiger partial charge is 0.308 e. The fraction of sp³-hybridized carbons (Fsp3) is 0.316. The molecular formula is C19H19F2NO2. The zero-order chi connectivity index (χ0) is 17.3. The van der Waals surface area contributed by atoms with Crippen LogP contribution in [0.3, 0.4) is 0 Å². The Morgan fingerprint density at radius 3 is 2.50 bits per heavy atom. The van der Waals surface area contributed by atoms with Gasteiger partial charge in [-0.2, -0.15) is 0 Å². The summed E-state index contributed by atoms with van der Waals surface area (Å²) >= 11 is 0. The van der Waals surface area contributed by atoms with Crippen molar-refractivity contribution in [1.82, 2.24) is 4.90 Å². The van der Waals surface area contributed by atoms with Crippen molar-refractivity contribution in [3.8, 4) is 0 Å². The fourth-order valence-electron chi connectivity index (χ4n) is 3.46. The van der Waals surface area contributed by atoms with Gasteiger partial charge in [-0.25, -0.2) is 8.78 Å². The third-order valence-corrected chi connectivity index (χ3v) is 4.86. The molecule has 0 amide bonds. The number of hydrogen-bond donors (Lipinski definition) is 1. The van der Waals surface area contributed by atoms with Gasteiger partial charge in [-0.1, -0.05) is 36.4 Å². The number of likely N-dealkylation sites (tertiary alicyclic amines) is 1. The molecule has 1 aliphatic heterocycles. The van der Waals surface area contributed by atoms with Crippen molar-refractivity contribution in [2.45, 2.75) is 18.9 Å². The molecule has 126 valence electrons. The van der Waals surface area contributed by atoms with Crippen LogP contribution >= 0.6 is 0 Å². The summed E-state index contributed by atoms with van der Waals surface area (Å²) in [5, 5.41) is 9.54. The second-order valence-electron chi connectivity index (χ2n) is 6.26. The molecule has 0 radical (unpaired) electrons. The zero-order valence-corrected chi connectivity index (χ0v) is 13.3. The van der Waals surface area contributed by atoms with Crippen LogP contribution in [0.5, 0.6) is 0 Å². The Morgan fingerprint density at radius 2 is 1.88 bits per heavy atom. The number of carbonyl (C=O) groups is 1. The third-order valence-electron chi connectivity index (χ3n) is 4.86. The van der Waals surface area contributed by atoms with Gasteiger partial charge in [0.05, 0.1) is 5.92 Å². The number of carboxylic acid groups (broad SMARTS) is 1. The van der Waals surface area contributed by atoms with Crippen molar-refractivity contribution in [3.63, 3.8) is 0 Å². The second-order valence-corrected chi connectivity index (χ2v) is 6.26. The Morgan fingerprint density at radius 1 is 1.17 bits per heavy atom. The van der Waals surface area contributed by atoms with E-state index in [0.29, 0.717) is 13.1 Å². The van der Waals surface area contributed by atoms with E-state index in [1.54, 1.807) is 0 Å². The van der Waals surface area contributed by atoms with Crippen molar-refractivity contribution < 1.29 is 18.7 Å². The molecule has 1 N–H and O–H groups in total. The highest BCUT2D eigenvalue weighted by molar-refractivity contribution is 5.72. The summed E-state index contributed by atoms with van der Waals surface area (Å²) in [5.74, 6) is -3.49. The van der Waals surface area contributed by atoms with Gasteiger partial charge in [-0.3, -0.25) is 9.69 Å². The van der Waals surface area contributed by atoms with E-state index in [9.17, 15) is 18.7 Å². The first-order valence-electron chi connectivity index (χ1n) is 7.94. The molecular weight excluding hydrogens is 312 g/mol. The Balaban J connectivity index is 1.88. The number of hydrogen-bond acceptors (Lipinski definition) is 2. The lowest BCUT2D eigenvalue weighted by Crippen LogP contribution is -2.26. The lowest BCUT2D eigenvalue weighted by Gasteiger charge is -2.24. The molecule has 3 rings (SSSR count). The number of halogens is 2. The first-order chi connectivity index (χ1) is 11.5. The number of rotatable bonds is 4. The molecule has 5 heteroatoms. The number of aliphatic carboxylic acids is 1. The van der Waals surface area contributed by atoms with E-state index < -0.39 is 29.4 Å². The molecule has 1 unspecified atom stereocenters. The summed E-state index contributed by atoms with van der Waals surface area (Å²) in [7, 11) is 0. The molecule has 3 atom stereocenters. The largest absolute Gasteiger partial charge is 0.481 e. The van der Waals surface area contributed by atoms with Crippen molar-refractivity contribution in [1.29, 1.82) is 0 Å². The van der Waals surface area contributed by atoms with E-state index in [-0.39, 0.29) is 11.6 Å². The quantitative estimate of drug-likeness (QED) is 0.926. The Hall–Kier alpha value is -2.27. The van der Waals surface area contributed by atoms with Crippen molar-refractivity contribution in [3.05, 3.63) is 71.3 Å². The summed E-state index contributed by atoms with van der Waals surface area (Å²) in [4.78, 5) is 13.7. The highest BCUT2D eigenvalue weighted by atomic mass is 19.1. The molecule has 0 aromatic heterocycles. The van der Waals surface area contributed by atoms with Gasteiger partial charge in [0.2, 0.25) is 0 Å². The maximum atomic E-state index is 14.1. The SMILES string of the molecule is CC(c1ccccc1)N1C[C@@H](C(=O)O)[C@H](c2ccc(F)cc2F)C1. The van der Waals surface area contributed by atoms with E-state index in [1.807, 2.05) is 42.2 Å². The van der Waals surface area contributed by atoms with E-state index >= 15 is 0 Å². The molecule has 2 aromatic carbocycles. The normalized spacial score (nSPS) is 22.5. The molecule has 0 bridgehead atoms. The molecule has 0 aliphatic carbocycles. The number of nitrogens with zero attached hydrogens (tertiary/aromatic N) is 1. The van der Waals surface area contributed by atoms with Crippen molar-refractivity contribution in [2.75, 3.05) is 13.1 Å². The van der Waals surface area contributed by atoms with Crippen molar-refractivity contribution >= 4 is 5.97 Å². The summed E-state index contributed by atoms with van der Waals surface area (Å²) in [6.45, 7) is 2.78. The van der Waals surface area contributed by atoms with Crippen LogP contribution in [-0.4, -0.2) is 29.1 Å². The van der Waals surface area contributed by atoms with Crippen LogP contribution in [-0.2, 0) is 4.79 Å². The molecule has 1 saturated heterocycles. The van der Waals surface area contributed by atoms with Gasteiger partial charge in [-0.15, -0.1) is 0 Å². The predicted molar refractivity (Wildman–Crippen MR) is 86.7 cm³/mol. The average molecular weight is 331 g/mol. The van der Waals surface area contributed by atoms with E-state index in [2.05, 4.69) is 0 Å². The lowest BCUT2D eigenvalue weighted by atomic mass is 9.88.